The quantitative estimate of drug-likeness (QED) is 0.767. The van der Waals surface area contributed by atoms with Crippen molar-refractivity contribution in [2.45, 2.75) is 19.9 Å². The third-order valence-corrected chi connectivity index (χ3v) is 2.39. The highest BCUT2D eigenvalue weighted by Crippen LogP contribution is 2.14. The molecule has 15 heavy (non-hydrogen) atoms. The summed E-state index contributed by atoms with van der Waals surface area (Å²) in [5.41, 5.74) is 2.31. The molecule has 0 aliphatic heterocycles. The molecule has 4 heteroatoms. The van der Waals surface area contributed by atoms with Crippen molar-refractivity contribution in [2.24, 2.45) is 0 Å². The number of likely N-dealkylation sites (N-methyl/N-ethyl adjacent to an activating group) is 1. The van der Waals surface area contributed by atoms with Crippen molar-refractivity contribution in [3.8, 4) is 0 Å². The maximum atomic E-state index is 11.0. The number of hydrogen-bond acceptors (Lipinski definition) is 3. The van der Waals surface area contributed by atoms with E-state index >= 15 is 0 Å². The van der Waals surface area contributed by atoms with Gasteiger partial charge in [0.2, 0.25) is 5.91 Å². The number of pyridine rings is 1. The number of carbonyl (C=O) groups is 1. The molecular formula is C11H17N3O. The SMILES string of the molecule is CNC(=O)CNC(C)c1cnccc1C. The van der Waals surface area contributed by atoms with Crippen molar-refractivity contribution < 1.29 is 4.79 Å². The Morgan fingerprint density at radius 3 is 2.93 bits per heavy atom. The molecule has 1 amide bonds. The molecule has 0 radical (unpaired) electrons. The van der Waals surface area contributed by atoms with Crippen molar-refractivity contribution in [1.29, 1.82) is 0 Å². The van der Waals surface area contributed by atoms with Gasteiger partial charge in [-0.1, -0.05) is 0 Å². The van der Waals surface area contributed by atoms with Crippen LogP contribution in [0.4, 0.5) is 0 Å². The van der Waals surface area contributed by atoms with E-state index in [2.05, 4.69) is 15.6 Å². The van der Waals surface area contributed by atoms with Gasteiger partial charge in [0, 0.05) is 25.5 Å². The minimum absolute atomic E-state index is 0.0107. The lowest BCUT2D eigenvalue weighted by Crippen LogP contribution is -2.33. The molecular weight excluding hydrogens is 190 g/mol. The first-order valence-electron chi connectivity index (χ1n) is 4.99. The smallest absolute Gasteiger partial charge is 0.233 e. The third kappa shape index (κ3) is 3.32. The predicted molar refractivity (Wildman–Crippen MR) is 59.5 cm³/mol. The summed E-state index contributed by atoms with van der Waals surface area (Å²) in [7, 11) is 1.63. The van der Waals surface area contributed by atoms with E-state index in [-0.39, 0.29) is 11.9 Å². The summed E-state index contributed by atoms with van der Waals surface area (Å²) < 4.78 is 0. The van der Waals surface area contributed by atoms with Gasteiger partial charge in [-0.25, -0.2) is 0 Å². The monoisotopic (exact) mass is 207 g/mol. The first-order chi connectivity index (χ1) is 7.15. The lowest BCUT2D eigenvalue weighted by Gasteiger charge is -2.15. The van der Waals surface area contributed by atoms with Crippen LogP contribution in [0.1, 0.15) is 24.1 Å². The number of carbonyl (C=O) groups excluding carboxylic acids is 1. The zero-order chi connectivity index (χ0) is 11.3. The second kappa shape index (κ2) is 5.46. The van der Waals surface area contributed by atoms with Crippen LogP contribution in [-0.2, 0) is 4.79 Å². The normalized spacial score (nSPS) is 12.2. The number of nitrogens with one attached hydrogen (secondary N) is 2. The fourth-order valence-corrected chi connectivity index (χ4v) is 1.37. The van der Waals surface area contributed by atoms with Crippen LogP contribution in [0, 0.1) is 6.92 Å². The molecule has 0 saturated heterocycles. The van der Waals surface area contributed by atoms with Gasteiger partial charge < -0.3 is 10.6 Å². The van der Waals surface area contributed by atoms with E-state index in [1.165, 1.54) is 5.56 Å². The topological polar surface area (TPSA) is 54.0 Å². The average molecular weight is 207 g/mol. The molecule has 0 bridgehead atoms. The Bertz CT molecular complexity index is 338. The maximum absolute atomic E-state index is 11.0. The molecule has 0 aliphatic carbocycles. The summed E-state index contributed by atoms with van der Waals surface area (Å²) in [5, 5.41) is 5.71. The summed E-state index contributed by atoms with van der Waals surface area (Å²) in [6.07, 6.45) is 3.60. The standard InChI is InChI=1S/C11H17N3O/c1-8-4-5-13-6-10(8)9(2)14-7-11(15)12-3/h4-6,9,14H,7H2,1-3H3,(H,12,15). The van der Waals surface area contributed by atoms with E-state index in [0.29, 0.717) is 6.54 Å². The molecule has 1 atom stereocenters. The number of aromatic nitrogens is 1. The summed E-state index contributed by atoms with van der Waals surface area (Å²) in [5.74, 6) is -0.0107. The molecule has 0 spiro atoms. The van der Waals surface area contributed by atoms with Crippen LogP contribution in [-0.4, -0.2) is 24.5 Å². The van der Waals surface area contributed by atoms with Crippen LogP contribution < -0.4 is 10.6 Å². The van der Waals surface area contributed by atoms with Crippen LogP contribution in [0.3, 0.4) is 0 Å². The Kier molecular flexibility index (Phi) is 4.24. The lowest BCUT2D eigenvalue weighted by molar-refractivity contribution is -0.119. The maximum Gasteiger partial charge on any atom is 0.233 e. The van der Waals surface area contributed by atoms with Crippen LogP contribution in [0.15, 0.2) is 18.5 Å². The van der Waals surface area contributed by atoms with Crippen molar-refractivity contribution in [3.63, 3.8) is 0 Å². The van der Waals surface area contributed by atoms with Gasteiger partial charge in [0.25, 0.3) is 0 Å². The highest BCUT2D eigenvalue weighted by atomic mass is 16.1. The first kappa shape index (κ1) is 11.7. The van der Waals surface area contributed by atoms with E-state index in [0.717, 1.165) is 5.56 Å². The van der Waals surface area contributed by atoms with Crippen LogP contribution >= 0.6 is 0 Å². The van der Waals surface area contributed by atoms with Gasteiger partial charge in [-0.2, -0.15) is 0 Å². The van der Waals surface area contributed by atoms with Crippen molar-refractivity contribution in [1.82, 2.24) is 15.6 Å². The molecule has 0 aliphatic rings. The minimum Gasteiger partial charge on any atom is -0.358 e. The molecule has 1 heterocycles. The van der Waals surface area contributed by atoms with Crippen molar-refractivity contribution >= 4 is 5.91 Å². The average Bonchev–Trinajstić information content (AvgIpc) is 2.26. The lowest BCUT2D eigenvalue weighted by atomic mass is 10.1. The summed E-state index contributed by atoms with van der Waals surface area (Å²) >= 11 is 0. The number of rotatable bonds is 4. The Balaban J connectivity index is 2.57. The van der Waals surface area contributed by atoms with Gasteiger partial charge in [0.05, 0.1) is 6.54 Å². The van der Waals surface area contributed by atoms with E-state index in [1.807, 2.05) is 26.1 Å². The number of nitrogens with zero attached hydrogens (tertiary/aromatic N) is 1. The summed E-state index contributed by atoms with van der Waals surface area (Å²) in [6.45, 7) is 4.38. The Morgan fingerprint density at radius 2 is 2.33 bits per heavy atom. The summed E-state index contributed by atoms with van der Waals surface area (Å²) in [4.78, 5) is 15.1. The van der Waals surface area contributed by atoms with Gasteiger partial charge in [0.1, 0.15) is 0 Å². The number of amides is 1. The van der Waals surface area contributed by atoms with Gasteiger partial charge in [-0.15, -0.1) is 0 Å². The van der Waals surface area contributed by atoms with Crippen molar-refractivity contribution in [3.05, 3.63) is 29.6 Å². The molecule has 1 rings (SSSR count). The molecule has 2 N–H and O–H groups in total. The van der Waals surface area contributed by atoms with Crippen LogP contribution in [0.5, 0.6) is 0 Å². The highest BCUT2D eigenvalue weighted by Gasteiger charge is 2.08. The number of aryl methyl sites for hydroxylation is 1. The molecule has 1 aromatic rings. The molecule has 0 aromatic carbocycles. The molecule has 4 nitrogen and oxygen atoms in total. The van der Waals surface area contributed by atoms with Gasteiger partial charge in [0.15, 0.2) is 0 Å². The minimum atomic E-state index is -0.0107. The fraction of sp³-hybridized carbons (Fsp3) is 0.455. The van der Waals surface area contributed by atoms with E-state index < -0.39 is 0 Å². The predicted octanol–water partition coefficient (Wildman–Crippen LogP) is 0.787. The van der Waals surface area contributed by atoms with E-state index in [9.17, 15) is 4.79 Å². The second-order valence-corrected chi connectivity index (χ2v) is 3.51. The van der Waals surface area contributed by atoms with Gasteiger partial charge >= 0.3 is 0 Å². The van der Waals surface area contributed by atoms with Gasteiger partial charge in [-0.3, -0.25) is 9.78 Å². The van der Waals surface area contributed by atoms with Gasteiger partial charge in [-0.05, 0) is 31.0 Å². The van der Waals surface area contributed by atoms with Crippen LogP contribution in [0.2, 0.25) is 0 Å². The first-order valence-corrected chi connectivity index (χ1v) is 4.99. The Morgan fingerprint density at radius 1 is 1.60 bits per heavy atom. The fourth-order valence-electron chi connectivity index (χ4n) is 1.37. The third-order valence-electron chi connectivity index (χ3n) is 2.39. The van der Waals surface area contributed by atoms with Crippen LogP contribution in [0.25, 0.3) is 0 Å². The molecule has 1 aromatic heterocycles. The number of hydrogen-bond donors (Lipinski definition) is 2. The van der Waals surface area contributed by atoms with E-state index in [1.54, 1.807) is 13.2 Å². The zero-order valence-corrected chi connectivity index (χ0v) is 9.37. The molecule has 0 saturated carbocycles. The van der Waals surface area contributed by atoms with Crippen molar-refractivity contribution in [2.75, 3.05) is 13.6 Å². The zero-order valence-electron chi connectivity index (χ0n) is 9.37. The molecule has 82 valence electrons. The van der Waals surface area contributed by atoms with E-state index in [4.69, 9.17) is 0 Å². The Labute approximate surface area is 90.1 Å². The second-order valence-electron chi connectivity index (χ2n) is 3.51. The molecule has 1 unspecified atom stereocenters. The highest BCUT2D eigenvalue weighted by molar-refractivity contribution is 5.77. The largest absolute Gasteiger partial charge is 0.358 e. The Hall–Kier alpha value is -1.42. The molecule has 0 fully saturated rings. The summed E-state index contributed by atoms with van der Waals surface area (Å²) in [6, 6.07) is 2.10.